The molecule has 3 rings (SSSR count). The number of ether oxygens (including phenoxy) is 1. The highest BCUT2D eigenvalue weighted by Crippen LogP contribution is 2.21. The van der Waals surface area contributed by atoms with E-state index in [1.807, 2.05) is 17.2 Å². The highest BCUT2D eigenvalue weighted by atomic mass is 32.1. The number of carbonyl (C=O) groups is 1. The Bertz CT molecular complexity index is 615. The Kier molecular flexibility index (Phi) is 4.76. The molecule has 3 heterocycles. The number of morpholine rings is 1. The summed E-state index contributed by atoms with van der Waals surface area (Å²) in [6.45, 7) is 4.01. The number of carbonyl (C=O) groups excluding carboxylic acids is 1. The van der Waals surface area contributed by atoms with Crippen LogP contribution >= 0.6 is 11.3 Å². The van der Waals surface area contributed by atoms with E-state index < -0.39 is 0 Å². The monoisotopic (exact) mass is 323 g/mol. The number of hydrogen-bond acceptors (Lipinski definition) is 8. The standard InChI is InChI=1S/C13H17N5O3S/c1-2-11-16-17-12(21-11)9-7-18(4-5-20-9)8-10(19)15-13-14-3-6-22-13/h3,6,9H,2,4-5,7-8H2,1H3,(H,14,15,19). The van der Waals surface area contributed by atoms with Gasteiger partial charge in [-0.3, -0.25) is 9.69 Å². The molecule has 8 nitrogen and oxygen atoms in total. The summed E-state index contributed by atoms with van der Waals surface area (Å²) in [7, 11) is 0. The van der Waals surface area contributed by atoms with E-state index in [4.69, 9.17) is 9.15 Å². The van der Waals surface area contributed by atoms with Gasteiger partial charge < -0.3 is 14.5 Å². The predicted octanol–water partition coefficient (Wildman–Crippen LogP) is 1.10. The topological polar surface area (TPSA) is 93.4 Å². The average Bonchev–Trinajstić information content (AvgIpc) is 3.18. The first-order chi connectivity index (χ1) is 10.7. The van der Waals surface area contributed by atoms with Crippen LogP contribution in [0.25, 0.3) is 0 Å². The fraction of sp³-hybridized carbons (Fsp3) is 0.538. The van der Waals surface area contributed by atoms with Crippen molar-refractivity contribution in [2.75, 3.05) is 31.6 Å². The summed E-state index contributed by atoms with van der Waals surface area (Å²) in [5, 5.41) is 13.2. The van der Waals surface area contributed by atoms with Crippen LogP contribution in [0.15, 0.2) is 16.0 Å². The van der Waals surface area contributed by atoms with Gasteiger partial charge in [-0.2, -0.15) is 0 Å². The molecule has 1 aliphatic rings. The van der Waals surface area contributed by atoms with Crippen molar-refractivity contribution < 1.29 is 13.9 Å². The SMILES string of the molecule is CCc1nnc(C2CN(CC(=O)Nc3nccs3)CCO2)o1. The Morgan fingerprint density at radius 3 is 3.18 bits per heavy atom. The lowest BCUT2D eigenvalue weighted by Gasteiger charge is -2.30. The summed E-state index contributed by atoms with van der Waals surface area (Å²) < 4.78 is 11.2. The number of aromatic nitrogens is 3. The van der Waals surface area contributed by atoms with Crippen molar-refractivity contribution in [3.05, 3.63) is 23.4 Å². The largest absolute Gasteiger partial charge is 0.422 e. The fourth-order valence-electron chi connectivity index (χ4n) is 2.18. The third-order valence-electron chi connectivity index (χ3n) is 3.26. The molecule has 1 atom stereocenters. The maximum absolute atomic E-state index is 12.0. The molecule has 1 aliphatic heterocycles. The highest BCUT2D eigenvalue weighted by Gasteiger charge is 2.27. The van der Waals surface area contributed by atoms with E-state index in [0.717, 1.165) is 0 Å². The van der Waals surface area contributed by atoms with Gasteiger partial charge in [-0.05, 0) is 0 Å². The molecule has 1 unspecified atom stereocenters. The minimum absolute atomic E-state index is 0.0876. The van der Waals surface area contributed by atoms with Gasteiger partial charge in [0.1, 0.15) is 6.10 Å². The highest BCUT2D eigenvalue weighted by molar-refractivity contribution is 7.13. The third kappa shape index (κ3) is 3.67. The van der Waals surface area contributed by atoms with Crippen molar-refractivity contribution in [3.63, 3.8) is 0 Å². The first kappa shape index (κ1) is 15.1. The molecule has 0 spiro atoms. The molecule has 0 bridgehead atoms. The minimum atomic E-state index is -0.283. The molecule has 0 saturated carbocycles. The Labute approximate surface area is 131 Å². The van der Waals surface area contributed by atoms with Gasteiger partial charge >= 0.3 is 0 Å². The summed E-state index contributed by atoms with van der Waals surface area (Å²) in [6.07, 6.45) is 2.07. The molecule has 2 aromatic rings. The number of thiazole rings is 1. The Morgan fingerprint density at radius 1 is 1.55 bits per heavy atom. The molecule has 1 N–H and O–H groups in total. The second kappa shape index (κ2) is 6.95. The second-order valence-electron chi connectivity index (χ2n) is 4.87. The van der Waals surface area contributed by atoms with Gasteiger partial charge in [-0.15, -0.1) is 21.5 Å². The summed E-state index contributed by atoms with van der Waals surface area (Å²) in [5.41, 5.74) is 0. The zero-order valence-corrected chi connectivity index (χ0v) is 13.0. The van der Waals surface area contributed by atoms with E-state index in [1.165, 1.54) is 11.3 Å². The lowest BCUT2D eigenvalue weighted by atomic mass is 10.2. The van der Waals surface area contributed by atoms with Crippen molar-refractivity contribution in [1.82, 2.24) is 20.1 Å². The van der Waals surface area contributed by atoms with Crippen LogP contribution in [-0.4, -0.2) is 52.2 Å². The van der Waals surface area contributed by atoms with Crippen LogP contribution in [0.5, 0.6) is 0 Å². The maximum Gasteiger partial charge on any atom is 0.246 e. The first-order valence-corrected chi connectivity index (χ1v) is 7.98. The molecule has 9 heteroatoms. The molecule has 0 aliphatic carbocycles. The van der Waals surface area contributed by atoms with Gasteiger partial charge in [0, 0.05) is 31.1 Å². The molecule has 1 amide bonds. The molecule has 118 valence electrons. The Morgan fingerprint density at radius 2 is 2.45 bits per heavy atom. The molecular formula is C13H17N5O3S. The molecular weight excluding hydrogens is 306 g/mol. The Balaban J connectivity index is 1.55. The number of nitrogens with one attached hydrogen (secondary N) is 1. The van der Waals surface area contributed by atoms with Crippen LogP contribution in [0, 0.1) is 0 Å². The first-order valence-electron chi connectivity index (χ1n) is 7.10. The number of rotatable bonds is 5. The molecule has 2 aromatic heterocycles. The summed E-state index contributed by atoms with van der Waals surface area (Å²) in [6, 6.07) is 0. The van der Waals surface area contributed by atoms with E-state index in [2.05, 4.69) is 20.5 Å². The lowest BCUT2D eigenvalue weighted by molar-refractivity contribution is -0.119. The van der Waals surface area contributed by atoms with Crippen molar-refractivity contribution in [1.29, 1.82) is 0 Å². The van der Waals surface area contributed by atoms with Gasteiger partial charge in [-0.25, -0.2) is 4.98 Å². The second-order valence-corrected chi connectivity index (χ2v) is 5.76. The average molecular weight is 323 g/mol. The molecule has 0 radical (unpaired) electrons. The van der Waals surface area contributed by atoms with Crippen molar-refractivity contribution >= 4 is 22.4 Å². The zero-order chi connectivity index (χ0) is 15.4. The Hall–Kier alpha value is -1.84. The lowest BCUT2D eigenvalue weighted by Crippen LogP contribution is -2.42. The number of aryl methyl sites for hydroxylation is 1. The van der Waals surface area contributed by atoms with E-state index in [1.54, 1.807) is 6.20 Å². The van der Waals surface area contributed by atoms with E-state index >= 15 is 0 Å². The fourth-order valence-corrected chi connectivity index (χ4v) is 2.73. The number of hydrogen-bond donors (Lipinski definition) is 1. The molecule has 1 fully saturated rings. The number of nitrogens with zero attached hydrogens (tertiary/aromatic N) is 4. The van der Waals surface area contributed by atoms with E-state index in [0.29, 0.717) is 43.0 Å². The zero-order valence-electron chi connectivity index (χ0n) is 12.2. The van der Waals surface area contributed by atoms with Crippen LogP contribution in [0.3, 0.4) is 0 Å². The van der Waals surface area contributed by atoms with E-state index in [-0.39, 0.29) is 18.6 Å². The summed E-state index contributed by atoms with van der Waals surface area (Å²) in [4.78, 5) is 18.0. The van der Waals surface area contributed by atoms with Gasteiger partial charge in [0.2, 0.25) is 17.7 Å². The normalized spacial score (nSPS) is 19.2. The molecule has 22 heavy (non-hydrogen) atoms. The molecule has 1 saturated heterocycles. The van der Waals surface area contributed by atoms with Crippen molar-refractivity contribution in [2.24, 2.45) is 0 Å². The van der Waals surface area contributed by atoms with E-state index in [9.17, 15) is 4.79 Å². The van der Waals surface area contributed by atoms with Crippen LogP contribution in [0.4, 0.5) is 5.13 Å². The smallest absolute Gasteiger partial charge is 0.246 e. The quantitative estimate of drug-likeness (QED) is 0.880. The van der Waals surface area contributed by atoms with Gasteiger partial charge in [0.15, 0.2) is 5.13 Å². The molecule has 0 aromatic carbocycles. The minimum Gasteiger partial charge on any atom is -0.422 e. The van der Waals surface area contributed by atoms with Crippen molar-refractivity contribution in [2.45, 2.75) is 19.4 Å². The van der Waals surface area contributed by atoms with Gasteiger partial charge in [-0.1, -0.05) is 6.92 Å². The van der Waals surface area contributed by atoms with Crippen LogP contribution in [0.2, 0.25) is 0 Å². The predicted molar refractivity (Wildman–Crippen MR) is 79.6 cm³/mol. The maximum atomic E-state index is 12.0. The van der Waals surface area contributed by atoms with Crippen molar-refractivity contribution in [3.8, 4) is 0 Å². The van der Waals surface area contributed by atoms with Gasteiger partial charge in [0.25, 0.3) is 0 Å². The van der Waals surface area contributed by atoms with Crippen LogP contribution in [-0.2, 0) is 16.0 Å². The summed E-state index contributed by atoms with van der Waals surface area (Å²) >= 11 is 1.40. The number of anilines is 1. The number of amides is 1. The van der Waals surface area contributed by atoms with Gasteiger partial charge in [0.05, 0.1) is 13.2 Å². The van der Waals surface area contributed by atoms with Crippen LogP contribution in [0.1, 0.15) is 24.8 Å². The third-order valence-corrected chi connectivity index (χ3v) is 3.95. The summed E-state index contributed by atoms with van der Waals surface area (Å²) in [5.74, 6) is 0.981. The van der Waals surface area contributed by atoms with Crippen LogP contribution < -0.4 is 5.32 Å².